The summed E-state index contributed by atoms with van der Waals surface area (Å²) in [6, 6.07) is 4.12. The molecule has 19 heavy (non-hydrogen) atoms. The lowest BCUT2D eigenvalue weighted by molar-refractivity contribution is 0.139. The first-order chi connectivity index (χ1) is 9.06. The van der Waals surface area contributed by atoms with E-state index in [4.69, 9.17) is 14.5 Å². The lowest BCUT2D eigenvalue weighted by Crippen LogP contribution is -2.19. The fraction of sp³-hybridized carbons (Fsp3) is 0.667. The van der Waals surface area contributed by atoms with E-state index in [9.17, 15) is 0 Å². The van der Waals surface area contributed by atoms with Crippen LogP contribution in [0.4, 0.5) is 0 Å². The van der Waals surface area contributed by atoms with E-state index in [1.54, 1.807) is 0 Å². The summed E-state index contributed by atoms with van der Waals surface area (Å²) >= 11 is 0. The maximum absolute atomic E-state index is 6.03. The quantitative estimate of drug-likeness (QED) is 0.818. The van der Waals surface area contributed by atoms with Gasteiger partial charge in [-0.2, -0.15) is 0 Å². The molecule has 0 N–H and O–H groups in total. The summed E-state index contributed by atoms with van der Waals surface area (Å²) in [5, 5.41) is 0. The van der Waals surface area contributed by atoms with Crippen molar-refractivity contribution in [3.05, 3.63) is 23.5 Å². The predicted octanol–water partition coefficient (Wildman–Crippen LogP) is 2.43. The molecule has 0 bridgehead atoms. The highest BCUT2D eigenvalue weighted by Crippen LogP contribution is 2.24. The van der Waals surface area contributed by atoms with Gasteiger partial charge in [0, 0.05) is 18.7 Å². The number of aromatic nitrogens is 1. The van der Waals surface area contributed by atoms with Crippen LogP contribution in [0.2, 0.25) is 0 Å². The van der Waals surface area contributed by atoms with Crippen LogP contribution in [0.25, 0.3) is 0 Å². The molecule has 0 saturated carbocycles. The Morgan fingerprint density at radius 3 is 2.79 bits per heavy atom. The van der Waals surface area contributed by atoms with Gasteiger partial charge in [-0.05, 0) is 32.1 Å². The minimum Gasteiger partial charge on any atom is -0.486 e. The minimum atomic E-state index is 0.174. The smallest absolute Gasteiger partial charge is 0.142 e. The standard InChI is InChI=1S/C15H24N2O2/c1-11(2)13-5-6-15(14(16-13)9-17(3)4)19-12-7-8-18-10-12/h5-6,11-12H,7-10H2,1-4H3/t12-/m0/s1. The van der Waals surface area contributed by atoms with Crippen LogP contribution >= 0.6 is 0 Å². The summed E-state index contributed by atoms with van der Waals surface area (Å²) in [4.78, 5) is 6.86. The molecule has 0 spiro atoms. The largest absolute Gasteiger partial charge is 0.486 e. The Morgan fingerprint density at radius 2 is 2.21 bits per heavy atom. The molecule has 0 unspecified atom stereocenters. The zero-order valence-corrected chi connectivity index (χ0v) is 12.3. The van der Waals surface area contributed by atoms with Crippen molar-refractivity contribution in [1.29, 1.82) is 0 Å². The predicted molar refractivity (Wildman–Crippen MR) is 75.6 cm³/mol. The second-order valence-corrected chi connectivity index (χ2v) is 5.68. The topological polar surface area (TPSA) is 34.6 Å². The number of hydrogen-bond donors (Lipinski definition) is 0. The molecule has 4 heteroatoms. The lowest BCUT2D eigenvalue weighted by Gasteiger charge is -2.18. The Morgan fingerprint density at radius 1 is 1.42 bits per heavy atom. The summed E-state index contributed by atoms with van der Waals surface area (Å²) in [6.07, 6.45) is 1.14. The van der Waals surface area contributed by atoms with Gasteiger partial charge in [-0.25, -0.2) is 0 Å². The fourth-order valence-electron chi connectivity index (χ4n) is 2.13. The highest BCUT2D eigenvalue weighted by Gasteiger charge is 2.19. The van der Waals surface area contributed by atoms with E-state index in [0.29, 0.717) is 12.5 Å². The summed E-state index contributed by atoms with van der Waals surface area (Å²) in [7, 11) is 4.10. The zero-order chi connectivity index (χ0) is 13.8. The van der Waals surface area contributed by atoms with Crippen LogP contribution in [0.1, 0.15) is 37.6 Å². The monoisotopic (exact) mass is 264 g/mol. The van der Waals surface area contributed by atoms with E-state index in [2.05, 4.69) is 30.9 Å². The van der Waals surface area contributed by atoms with E-state index in [1.165, 1.54) is 0 Å². The minimum absolute atomic E-state index is 0.174. The molecule has 106 valence electrons. The molecule has 0 amide bonds. The summed E-state index contributed by atoms with van der Waals surface area (Å²) in [6.45, 7) is 6.60. The number of rotatable bonds is 5. The van der Waals surface area contributed by atoms with Crippen molar-refractivity contribution in [3.63, 3.8) is 0 Å². The third-order valence-electron chi connectivity index (χ3n) is 3.19. The Balaban J connectivity index is 2.19. The molecule has 1 saturated heterocycles. The molecule has 1 aromatic heterocycles. The molecule has 1 aliphatic heterocycles. The first kappa shape index (κ1) is 14.3. The molecular formula is C15H24N2O2. The van der Waals surface area contributed by atoms with Crippen molar-refractivity contribution in [2.75, 3.05) is 27.3 Å². The van der Waals surface area contributed by atoms with E-state index < -0.39 is 0 Å². The van der Waals surface area contributed by atoms with Gasteiger partial charge >= 0.3 is 0 Å². The Kier molecular flexibility index (Phi) is 4.77. The van der Waals surface area contributed by atoms with Gasteiger partial charge in [-0.1, -0.05) is 13.8 Å². The lowest BCUT2D eigenvalue weighted by atomic mass is 10.1. The maximum atomic E-state index is 6.03. The molecule has 1 aliphatic rings. The van der Waals surface area contributed by atoms with Gasteiger partial charge in [0.2, 0.25) is 0 Å². The molecule has 2 rings (SSSR count). The van der Waals surface area contributed by atoms with Gasteiger partial charge in [0.1, 0.15) is 11.9 Å². The molecule has 4 nitrogen and oxygen atoms in total. The highest BCUT2D eigenvalue weighted by atomic mass is 16.5. The molecule has 1 fully saturated rings. The van der Waals surface area contributed by atoms with Crippen molar-refractivity contribution in [3.8, 4) is 5.75 Å². The van der Waals surface area contributed by atoms with E-state index >= 15 is 0 Å². The summed E-state index contributed by atoms with van der Waals surface area (Å²) < 4.78 is 11.4. The second-order valence-electron chi connectivity index (χ2n) is 5.68. The van der Waals surface area contributed by atoms with E-state index in [-0.39, 0.29) is 6.10 Å². The molecule has 1 aromatic rings. The number of hydrogen-bond acceptors (Lipinski definition) is 4. The number of pyridine rings is 1. The van der Waals surface area contributed by atoms with Gasteiger partial charge in [0.05, 0.1) is 18.9 Å². The van der Waals surface area contributed by atoms with Crippen LogP contribution < -0.4 is 4.74 Å². The van der Waals surface area contributed by atoms with E-state index in [0.717, 1.165) is 36.7 Å². The van der Waals surface area contributed by atoms with Crippen LogP contribution in [-0.4, -0.2) is 43.3 Å². The van der Waals surface area contributed by atoms with Gasteiger partial charge in [-0.15, -0.1) is 0 Å². The zero-order valence-electron chi connectivity index (χ0n) is 12.3. The highest BCUT2D eigenvalue weighted by molar-refractivity contribution is 5.30. The van der Waals surface area contributed by atoms with Gasteiger partial charge < -0.3 is 14.4 Å². The van der Waals surface area contributed by atoms with Crippen molar-refractivity contribution in [2.45, 2.75) is 38.8 Å². The van der Waals surface area contributed by atoms with Crippen molar-refractivity contribution in [1.82, 2.24) is 9.88 Å². The Bertz CT molecular complexity index is 413. The SMILES string of the molecule is CC(C)c1ccc(O[C@H]2CCOC2)c(CN(C)C)n1. The third-order valence-corrected chi connectivity index (χ3v) is 3.19. The maximum Gasteiger partial charge on any atom is 0.142 e. The summed E-state index contributed by atoms with van der Waals surface area (Å²) in [5.74, 6) is 1.33. The molecule has 2 heterocycles. The normalized spacial score (nSPS) is 19.4. The molecular weight excluding hydrogens is 240 g/mol. The average Bonchev–Trinajstić information content (AvgIpc) is 2.83. The molecule has 0 aliphatic carbocycles. The van der Waals surface area contributed by atoms with Crippen LogP contribution in [0.15, 0.2) is 12.1 Å². The number of ether oxygens (including phenoxy) is 2. The number of nitrogens with zero attached hydrogens (tertiary/aromatic N) is 2. The second kappa shape index (κ2) is 6.35. The Labute approximate surface area is 115 Å². The third kappa shape index (κ3) is 3.91. The van der Waals surface area contributed by atoms with Gasteiger partial charge in [-0.3, -0.25) is 4.98 Å². The molecule has 0 radical (unpaired) electrons. The van der Waals surface area contributed by atoms with Crippen molar-refractivity contribution in [2.24, 2.45) is 0 Å². The van der Waals surface area contributed by atoms with Gasteiger partial charge in [0.15, 0.2) is 0 Å². The van der Waals surface area contributed by atoms with Crippen LogP contribution in [0.3, 0.4) is 0 Å². The first-order valence-electron chi connectivity index (χ1n) is 6.95. The molecule has 0 aromatic carbocycles. The van der Waals surface area contributed by atoms with Crippen LogP contribution in [-0.2, 0) is 11.3 Å². The van der Waals surface area contributed by atoms with Crippen molar-refractivity contribution >= 4 is 0 Å². The molecule has 1 atom stereocenters. The first-order valence-corrected chi connectivity index (χ1v) is 6.95. The van der Waals surface area contributed by atoms with Gasteiger partial charge in [0.25, 0.3) is 0 Å². The fourth-order valence-corrected chi connectivity index (χ4v) is 2.13. The van der Waals surface area contributed by atoms with Crippen LogP contribution in [0, 0.1) is 0 Å². The van der Waals surface area contributed by atoms with Crippen LogP contribution in [0.5, 0.6) is 5.75 Å². The summed E-state index contributed by atoms with van der Waals surface area (Å²) in [5.41, 5.74) is 2.13. The average molecular weight is 264 g/mol. The Hall–Kier alpha value is -1.13. The van der Waals surface area contributed by atoms with Crippen molar-refractivity contribution < 1.29 is 9.47 Å². The van der Waals surface area contributed by atoms with E-state index in [1.807, 2.05) is 14.1 Å².